The minimum Gasteiger partial charge on any atom is -0.341 e. The number of carbonyl (C=O) groups excluding carboxylic acids is 2. The first kappa shape index (κ1) is 29.6. The van der Waals surface area contributed by atoms with Gasteiger partial charge in [0.2, 0.25) is 11.8 Å². The Morgan fingerprint density at radius 1 is 0.875 bits per heavy atom. The van der Waals surface area contributed by atoms with E-state index in [-0.39, 0.29) is 23.7 Å². The average Bonchev–Trinajstić information content (AvgIpc) is 3.53. The summed E-state index contributed by atoms with van der Waals surface area (Å²) in [6.45, 7) is 6.27. The zero-order valence-corrected chi connectivity index (χ0v) is 25.9. The van der Waals surface area contributed by atoms with Crippen molar-refractivity contribution in [2.75, 3.05) is 39.3 Å². The maximum atomic E-state index is 13.6. The summed E-state index contributed by atoms with van der Waals surface area (Å²) in [5, 5.41) is 0. The Morgan fingerprint density at radius 3 is 2.25 bits per heavy atom. The van der Waals surface area contributed by atoms with Crippen LogP contribution < -0.4 is 0 Å². The number of halogens is 2. The van der Waals surface area contributed by atoms with Crippen LogP contribution in [-0.4, -0.2) is 65.8 Å². The molecule has 4 fully saturated rings. The molecule has 2 aromatic carbocycles. The van der Waals surface area contributed by atoms with Crippen molar-refractivity contribution in [3.8, 4) is 0 Å². The van der Waals surface area contributed by atoms with Gasteiger partial charge in [0, 0.05) is 49.0 Å². The smallest absolute Gasteiger partial charge is 0.229 e. The number of amides is 2. The molecule has 0 aromatic heterocycles. The second-order valence-electron chi connectivity index (χ2n) is 12.5. The van der Waals surface area contributed by atoms with E-state index in [0.717, 1.165) is 75.8 Å². The van der Waals surface area contributed by atoms with E-state index >= 15 is 0 Å². The molecule has 0 bridgehead atoms. The van der Waals surface area contributed by atoms with Gasteiger partial charge in [-0.15, -0.1) is 12.4 Å². The number of carbonyl (C=O) groups is 2. The third kappa shape index (κ3) is 6.29. The Balaban J connectivity index is 0.00000323. The van der Waals surface area contributed by atoms with Crippen molar-refractivity contribution in [2.45, 2.75) is 63.8 Å². The molecular formula is C33H43BrClN3O2. The number of rotatable bonds is 6. The summed E-state index contributed by atoms with van der Waals surface area (Å²) >= 11 is 3.50. The van der Waals surface area contributed by atoms with Crippen LogP contribution >= 0.6 is 28.3 Å². The molecule has 0 N–H and O–H groups in total. The predicted octanol–water partition coefficient (Wildman–Crippen LogP) is 6.51. The third-order valence-corrected chi connectivity index (χ3v) is 10.7. The summed E-state index contributed by atoms with van der Waals surface area (Å²) in [6, 6.07) is 19.2. The Kier molecular flexibility index (Phi) is 9.59. The molecule has 7 heteroatoms. The van der Waals surface area contributed by atoms with Crippen LogP contribution in [0.5, 0.6) is 0 Å². The van der Waals surface area contributed by atoms with Gasteiger partial charge >= 0.3 is 0 Å². The lowest BCUT2D eigenvalue weighted by Gasteiger charge is -2.39. The van der Waals surface area contributed by atoms with Crippen LogP contribution in [0.2, 0.25) is 0 Å². The van der Waals surface area contributed by atoms with Crippen molar-refractivity contribution in [3.63, 3.8) is 0 Å². The molecule has 40 heavy (non-hydrogen) atoms. The van der Waals surface area contributed by atoms with Crippen LogP contribution in [0.25, 0.3) is 0 Å². The SMILES string of the molecule is Cl.O=C(C1CCCCC1)N1C[C@H](CN2CCC3(CC2)CCN(Cc2ccc(Br)cc2)C3=O)[C@@H](c2ccccc2)C1. The lowest BCUT2D eigenvalue weighted by Crippen LogP contribution is -2.46. The maximum Gasteiger partial charge on any atom is 0.229 e. The van der Waals surface area contributed by atoms with Gasteiger partial charge in [-0.2, -0.15) is 0 Å². The van der Waals surface area contributed by atoms with Gasteiger partial charge in [0.05, 0.1) is 5.41 Å². The normalized spacial score (nSPS) is 25.4. The third-order valence-electron chi connectivity index (χ3n) is 10.1. The van der Waals surface area contributed by atoms with E-state index < -0.39 is 0 Å². The van der Waals surface area contributed by atoms with E-state index in [4.69, 9.17) is 0 Å². The topological polar surface area (TPSA) is 43.9 Å². The van der Waals surface area contributed by atoms with E-state index in [1.165, 1.54) is 30.4 Å². The van der Waals surface area contributed by atoms with Crippen LogP contribution in [0, 0.1) is 17.3 Å². The molecule has 2 atom stereocenters. The van der Waals surface area contributed by atoms with Crippen molar-refractivity contribution in [2.24, 2.45) is 17.3 Å². The Morgan fingerprint density at radius 2 is 1.55 bits per heavy atom. The summed E-state index contributed by atoms with van der Waals surface area (Å²) in [5.41, 5.74) is 2.38. The Hall–Kier alpha value is -1.89. The fourth-order valence-corrected chi connectivity index (χ4v) is 8.00. The van der Waals surface area contributed by atoms with Crippen LogP contribution in [0.1, 0.15) is 68.4 Å². The summed E-state index contributed by atoms with van der Waals surface area (Å²) in [6.07, 6.45) is 8.70. The van der Waals surface area contributed by atoms with Gasteiger partial charge in [-0.05, 0) is 74.4 Å². The highest BCUT2D eigenvalue weighted by molar-refractivity contribution is 9.10. The molecule has 4 aliphatic rings. The molecule has 3 saturated heterocycles. The minimum atomic E-state index is -0.177. The number of piperidine rings is 1. The molecule has 2 aromatic rings. The second-order valence-corrected chi connectivity index (χ2v) is 13.5. The second kappa shape index (κ2) is 13.0. The van der Waals surface area contributed by atoms with E-state index in [1.54, 1.807) is 0 Å². The molecule has 1 spiro atoms. The number of hydrogen-bond donors (Lipinski definition) is 0. The van der Waals surface area contributed by atoms with Crippen LogP contribution in [-0.2, 0) is 16.1 Å². The summed E-state index contributed by atoms with van der Waals surface area (Å²) < 4.78 is 1.07. The summed E-state index contributed by atoms with van der Waals surface area (Å²) in [5.74, 6) is 1.83. The van der Waals surface area contributed by atoms with Crippen molar-refractivity contribution in [3.05, 3.63) is 70.2 Å². The van der Waals surface area contributed by atoms with Gasteiger partial charge in [0.25, 0.3) is 0 Å². The van der Waals surface area contributed by atoms with Crippen LogP contribution in [0.4, 0.5) is 0 Å². The monoisotopic (exact) mass is 627 g/mol. The van der Waals surface area contributed by atoms with Gasteiger partial charge in [-0.25, -0.2) is 0 Å². The van der Waals surface area contributed by atoms with Gasteiger partial charge in [-0.3, -0.25) is 9.59 Å². The van der Waals surface area contributed by atoms with Crippen molar-refractivity contribution in [1.82, 2.24) is 14.7 Å². The first-order valence-corrected chi connectivity index (χ1v) is 15.9. The minimum absolute atomic E-state index is 0. The summed E-state index contributed by atoms with van der Waals surface area (Å²) in [4.78, 5) is 33.9. The molecule has 5 nitrogen and oxygen atoms in total. The number of hydrogen-bond acceptors (Lipinski definition) is 3. The maximum absolute atomic E-state index is 13.6. The highest BCUT2D eigenvalue weighted by Gasteiger charge is 2.48. The molecule has 2 amide bonds. The molecule has 3 heterocycles. The van der Waals surface area contributed by atoms with E-state index in [1.807, 2.05) is 0 Å². The molecule has 3 aliphatic heterocycles. The molecule has 0 radical (unpaired) electrons. The largest absolute Gasteiger partial charge is 0.341 e. The molecule has 216 valence electrons. The van der Waals surface area contributed by atoms with Crippen LogP contribution in [0.3, 0.4) is 0 Å². The molecule has 1 aliphatic carbocycles. The van der Waals surface area contributed by atoms with E-state index in [0.29, 0.717) is 30.2 Å². The highest BCUT2D eigenvalue weighted by atomic mass is 79.9. The molecule has 1 saturated carbocycles. The first-order valence-electron chi connectivity index (χ1n) is 15.1. The Labute approximate surface area is 254 Å². The van der Waals surface area contributed by atoms with Gasteiger partial charge in [0.1, 0.15) is 0 Å². The van der Waals surface area contributed by atoms with Crippen molar-refractivity contribution >= 4 is 40.2 Å². The fourth-order valence-electron chi connectivity index (χ4n) is 7.73. The number of benzene rings is 2. The predicted molar refractivity (Wildman–Crippen MR) is 165 cm³/mol. The quantitative estimate of drug-likeness (QED) is 0.367. The van der Waals surface area contributed by atoms with E-state index in [9.17, 15) is 9.59 Å². The fraction of sp³-hybridized carbons (Fsp3) is 0.576. The van der Waals surface area contributed by atoms with Gasteiger partial charge < -0.3 is 14.7 Å². The summed E-state index contributed by atoms with van der Waals surface area (Å²) in [7, 11) is 0. The van der Waals surface area contributed by atoms with Crippen LogP contribution in [0.15, 0.2) is 59.1 Å². The Bertz CT molecular complexity index is 1150. The molecule has 0 unspecified atom stereocenters. The average molecular weight is 629 g/mol. The number of nitrogens with zero attached hydrogens (tertiary/aromatic N) is 3. The standard InChI is InChI=1S/C33H42BrN3O2.ClH/c34-29-13-11-25(12-14-29)21-36-20-17-33(32(36)39)15-18-35(19-16-33)22-28-23-37(31(38)27-9-5-2-6-10-27)24-30(28)26-7-3-1-4-8-26;/h1,3-4,7-8,11-14,27-28,30H,2,5-6,9-10,15-24H2;1H/t28-,30+;/m0./s1. The van der Waals surface area contributed by atoms with Crippen molar-refractivity contribution in [1.29, 1.82) is 0 Å². The highest BCUT2D eigenvalue weighted by Crippen LogP contribution is 2.43. The lowest BCUT2D eigenvalue weighted by atomic mass is 9.76. The first-order chi connectivity index (χ1) is 19.0. The zero-order chi connectivity index (χ0) is 26.8. The van der Waals surface area contributed by atoms with E-state index in [2.05, 4.69) is 85.2 Å². The molecular weight excluding hydrogens is 586 g/mol. The number of likely N-dealkylation sites (tertiary alicyclic amines) is 3. The van der Waals surface area contributed by atoms with Gasteiger partial charge in [0.15, 0.2) is 0 Å². The van der Waals surface area contributed by atoms with Gasteiger partial charge in [-0.1, -0.05) is 77.7 Å². The zero-order valence-electron chi connectivity index (χ0n) is 23.5. The molecule has 6 rings (SSSR count). The van der Waals surface area contributed by atoms with Crippen molar-refractivity contribution < 1.29 is 9.59 Å². The lowest BCUT2D eigenvalue weighted by molar-refractivity contribution is -0.139.